The van der Waals surface area contributed by atoms with Crippen LogP contribution in [0.2, 0.25) is 5.02 Å². The Kier molecular flexibility index (Phi) is 8.38. The van der Waals surface area contributed by atoms with Crippen molar-refractivity contribution in [3.05, 3.63) is 46.1 Å². The van der Waals surface area contributed by atoms with E-state index in [1.807, 2.05) is 12.3 Å². The van der Waals surface area contributed by atoms with Crippen molar-refractivity contribution < 1.29 is 14.7 Å². The van der Waals surface area contributed by atoms with Crippen molar-refractivity contribution in [1.29, 1.82) is 0 Å². The lowest BCUT2D eigenvalue weighted by atomic mass is 9.67. The molecule has 1 aromatic carbocycles. The Morgan fingerprint density at radius 2 is 2.00 bits per heavy atom. The number of allylic oxidation sites excluding steroid dienone is 1. The number of aliphatic carboxylic acids is 1. The summed E-state index contributed by atoms with van der Waals surface area (Å²) in [6, 6.07) is 6.29. The Balaban J connectivity index is 2.35. The molecule has 0 bridgehead atoms. The van der Waals surface area contributed by atoms with Gasteiger partial charge < -0.3 is 10.0 Å². The summed E-state index contributed by atoms with van der Waals surface area (Å²) in [6.07, 6.45) is 5.83. The zero-order chi connectivity index (χ0) is 23.4. The predicted octanol–water partition coefficient (Wildman–Crippen LogP) is 6.60. The first kappa shape index (κ1) is 25.5. The number of nitrogens with zero attached hydrogens (tertiary/aromatic N) is 1. The van der Waals surface area contributed by atoms with Crippen molar-refractivity contribution in [2.45, 2.75) is 85.5 Å². The molecule has 172 valence electrons. The fourth-order valence-electron chi connectivity index (χ4n) is 4.24. The number of aryl methyl sites for hydroxylation is 1. The monoisotopic (exact) mass is 447 g/mol. The summed E-state index contributed by atoms with van der Waals surface area (Å²) >= 11 is 6.69. The van der Waals surface area contributed by atoms with Crippen molar-refractivity contribution >= 4 is 23.5 Å². The molecule has 1 amide bonds. The highest BCUT2D eigenvalue weighted by Crippen LogP contribution is 2.44. The Morgan fingerprint density at radius 3 is 2.55 bits per heavy atom. The van der Waals surface area contributed by atoms with Crippen molar-refractivity contribution in [1.82, 2.24) is 4.90 Å². The number of carbonyl (C=O) groups excluding carboxylic acids is 1. The van der Waals surface area contributed by atoms with E-state index < -0.39 is 11.4 Å². The Bertz CT molecular complexity index is 840. The van der Waals surface area contributed by atoms with Gasteiger partial charge in [-0.2, -0.15) is 0 Å². The van der Waals surface area contributed by atoms with Gasteiger partial charge in [0, 0.05) is 36.0 Å². The molecule has 2 atom stereocenters. The van der Waals surface area contributed by atoms with Gasteiger partial charge in [-0.1, -0.05) is 65.3 Å². The lowest BCUT2D eigenvalue weighted by Crippen LogP contribution is -2.42. The topological polar surface area (TPSA) is 57.6 Å². The molecule has 5 heteroatoms. The van der Waals surface area contributed by atoms with Gasteiger partial charge >= 0.3 is 5.97 Å². The highest BCUT2D eigenvalue weighted by molar-refractivity contribution is 6.31. The average molecular weight is 448 g/mol. The fraction of sp³-hybridized carbons (Fsp3) is 0.615. The number of hydrogen-bond acceptors (Lipinski definition) is 2. The zero-order valence-electron chi connectivity index (χ0n) is 19.9. The van der Waals surface area contributed by atoms with Crippen molar-refractivity contribution in [3.8, 4) is 0 Å². The maximum absolute atomic E-state index is 13.0. The molecule has 0 spiro atoms. The SMILES string of the molecule is CCC(C)C1=CN(CCCC(=O)O)C(=O)CC1(C)c1ccc(CCC(C)(C)C)c(Cl)c1. The molecule has 4 nitrogen and oxygen atoms in total. The molecule has 0 fully saturated rings. The highest BCUT2D eigenvalue weighted by Gasteiger charge is 2.40. The van der Waals surface area contributed by atoms with Gasteiger partial charge in [0.1, 0.15) is 0 Å². The molecule has 2 rings (SSSR count). The summed E-state index contributed by atoms with van der Waals surface area (Å²) in [5.74, 6) is -0.492. The first-order valence-corrected chi connectivity index (χ1v) is 11.8. The quantitative estimate of drug-likeness (QED) is 0.463. The fourth-order valence-corrected chi connectivity index (χ4v) is 4.52. The van der Waals surface area contributed by atoms with E-state index in [0.29, 0.717) is 25.3 Å². The van der Waals surface area contributed by atoms with Crippen LogP contribution in [0.3, 0.4) is 0 Å². The third-order valence-corrected chi connectivity index (χ3v) is 6.88. The van der Waals surface area contributed by atoms with Crippen molar-refractivity contribution in [3.63, 3.8) is 0 Å². The number of carbonyl (C=O) groups is 2. The summed E-state index contributed by atoms with van der Waals surface area (Å²) in [5, 5.41) is 9.69. The summed E-state index contributed by atoms with van der Waals surface area (Å²) in [5.41, 5.74) is 3.27. The second-order valence-electron chi connectivity index (χ2n) is 10.4. The van der Waals surface area contributed by atoms with E-state index in [4.69, 9.17) is 16.7 Å². The molecule has 1 aromatic rings. The zero-order valence-corrected chi connectivity index (χ0v) is 20.7. The van der Waals surface area contributed by atoms with E-state index >= 15 is 0 Å². The number of benzene rings is 1. The first-order valence-electron chi connectivity index (χ1n) is 11.4. The van der Waals surface area contributed by atoms with Crippen LogP contribution in [0.1, 0.15) is 84.8 Å². The molecule has 1 N–H and O–H groups in total. The van der Waals surface area contributed by atoms with Crippen LogP contribution in [0.4, 0.5) is 0 Å². The van der Waals surface area contributed by atoms with Gasteiger partial charge in [0.2, 0.25) is 5.91 Å². The number of amides is 1. The van der Waals surface area contributed by atoms with E-state index in [2.05, 4.69) is 53.7 Å². The van der Waals surface area contributed by atoms with Gasteiger partial charge in [-0.25, -0.2) is 0 Å². The Hall–Kier alpha value is -1.81. The van der Waals surface area contributed by atoms with Gasteiger partial charge in [0.05, 0.1) is 0 Å². The van der Waals surface area contributed by atoms with Gasteiger partial charge in [0.25, 0.3) is 0 Å². The molecule has 0 aromatic heterocycles. The number of halogens is 1. The molecule has 0 saturated heterocycles. The minimum atomic E-state index is -0.832. The van der Waals surface area contributed by atoms with E-state index in [9.17, 15) is 9.59 Å². The molecule has 1 aliphatic heterocycles. The smallest absolute Gasteiger partial charge is 0.303 e. The van der Waals surface area contributed by atoms with Crippen LogP contribution in [0.15, 0.2) is 30.0 Å². The van der Waals surface area contributed by atoms with Crippen LogP contribution < -0.4 is 0 Å². The molecule has 1 heterocycles. The van der Waals surface area contributed by atoms with E-state index in [1.54, 1.807) is 4.90 Å². The van der Waals surface area contributed by atoms with Crippen LogP contribution in [0, 0.1) is 11.3 Å². The lowest BCUT2D eigenvalue weighted by molar-refractivity contribution is -0.138. The lowest BCUT2D eigenvalue weighted by Gasteiger charge is -2.42. The van der Waals surface area contributed by atoms with Crippen molar-refractivity contribution in [2.75, 3.05) is 6.54 Å². The third-order valence-electron chi connectivity index (χ3n) is 6.52. The number of carboxylic acids is 1. The molecular formula is C26H38ClNO3. The number of hydrogen-bond donors (Lipinski definition) is 1. The van der Waals surface area contributed by atoms with Gasteiger partial charge in [-0.3, -0.25) is 9.59 Å². The number of carboxylic acid groups (broad SMARTS) is 1. The standard InChI is InChI=1S/C26H38ClNO3/c1-7-18(2)21-17-28(14-8-9-24(30)31)23(29)16-26(21,6)20-11-10-19(22(27)15-20)12-13-25(3,4)5/h10-11,15,17-18H,7-9,12-14,16H2,1-6H3,(H,30,31). The minimum absolute atomic E-state index is 0.0351. The second kappa shape index (κ2) is 10.2. The molecule has 1 aliphatic rings. The van der Waals surface area contributed by atoms with Gasteiger partial charge in [0.15, 0.2) is 0 Å². The normalized spacial score (nSPS) is 20.5. The average Bonchev–Trinajstić information content (AvgIpc) is 2.67. The predicted molar refractivity (Wildman–Crippen MR) is 127 cm³/mol. The Morgan fingerprint density at radius 1 is 1.32 bits per heavy atom. The summed E-state index contributed by atoms with van der Waals surface area (Å²) in [7, 11) is 0. The maximum atomic E-state index is 13.0. The van der Waals surface area contributed by atoms with E-state index in [1.165, 1.54) is 5.57 Å². The molecular weight excluding hydrogens is 410 g/mol. The van der Waals surface area contributed by atoms with E-state index in [-0.39, 0.29) is 17.7 Å². The molecule has 2 unspecified atom stereocenters. The van der Waals surface area contributed by atoms with Crippen LogP contribution in [0.25, 0.3) is 0 Å². The summed E-state index contributed by atoms with van der Waals surface area (Å²) in [4.78, 5) is 25.6. The van der Waals surface area contributed by atoms with Crippen molar-refractivity contribution in [2.24, 2.45) is 11.3 Å². The first-order chi connectivity index (χ1) is 14.4. The van der Waals surface area contributed by atoms with Crippen LogP contribution in [-0.4, -0.2) is 28.4 Å². The van der Waals surface area contributed by atoms with Crippen LogP contribution >= 0.6 is 11.6 Å². The largest absolute Gasteiger partial charge is 0.481 e. The van der Waals surface area contributed by atoms with Gasteiger partial charge in [-0.15, -0.1) is 0 Å². The molecule has 0 radical (unpaired) electrons. The maximum Gasteiger partial charge on any atom is 0.303 e. The summed E-state index contributed by atoms with van der Waals surface area (Å²) in [6.45, 7) is 13.6. The summed E-state index contributed by atoms with van der Waals surface area (Å²) < 4.78 is 0. The van der Waals surface area contributed by atoms with Gasteiger partial charge in [-0.05, 0) is 59.8 Å². The molecule has 31 heavy (non-hydrogen) atoms. The minimum Gasteiger partial charge on any atom is -0.481 e. The molecule has 0 aliphatic carbocycles. The third kappa shape index (κ3) is 6.58. The number of rotatable bonds is 9. The Labute approximate surface area is 192 Å². The van der Waals surface area contributed by atoms with Crippen LogP contribution in [-0.2, 0) is 21.4 Å². The van der Waals surface area contributed by atoms with E-state index in [0.717, 1.165) is 35.4 Å². The second-order valence-corrected chi connectivity index (χ2v) is 10.8. The van der Waals surface area contributed by atoms with Crippen LogP contribution in [0.5, 0.6) is 0 Å². The molecule has 0 saturated carbocycles. The highest BCUT2D eigenvalue weighted by atomic mass is 35.5.